The van der Waals surface area contributed by atoms with Crippen molar-refractivity contribution < 1.29 is 14.8 Å². The summed E-state index contributed by atoms with van der Waals surface area (Å²) in [5, 5.41) is 2.03. The van der Waals surface area contributed by atoms with Gasteiger partial charge in [0.25, 0.3) is 0 Å². The van der Waals surface area contributed by atoms with Crippen molar-refractivity contribution in [2.24, 2.45) is 0 Å². The average molecular weight is 206 g/mol. The van der Waals surface area contributed by atoms with Crippen LogP contribution in [0.3, 0.4) is 0 Å². The SMILES string of the molecule is C=CC[NH2+]CCOC(=O)c1ccccc1. The Labute approximate surface area is 89.8 Å². The molecule has 0 bridgehead atoms. The Balaban J connectivity index is 2.22. The number of rotatable bonds is 6. The van der Waals surface area contributed by atoms with E-state index in [9.17, 15) is 4.79 Å². The van der Waals surface area contributed by atoms with Gasteiger partial charge in [0.05, 0.1) is 12.1 Å². The van der Waals surface area contributed by atoms with Crippen LogP contribution < -0.4 is 5.32 Å². The first-order valence-corrected chi connectivity index (χ1v) is 4.99. The van der Waals surface area contributed by atoms with Crippen LogP contribution in [-0.4, -0.2) is 25.7 Å². The molecule has 0 saturated carbocycles. The van der Waals surface area contributed by atoms with Crippen LogP contribution in [0.25, 0.3) is 0 Å². The minimum atomic E-state index is -0.261. The molecule has 0 aliphatic heterocycles. The van der Waals surface area contributed by atoms with Gasteiger partial charge < -0.3 is 10.1 Å². The van der Waals surface area contributed by atoms with E-state index in [2.05, 4.69) is 6.58 Å². The molecule has 2 N–H and O–H groups in total. The highest BCUT2D eigenvalue weighted by molar-refractivity contribution is 5.89. The Morgan fingerprint density at radius 1 is 1.40 bits per heavy atom. The average Bonchev–Trinajstić information content (AvgIpc) is 2.30. The van der Waals surface area contributed by atoms with Crippen LogP contribution >= 0.6 is 0 Å². The summed E-state index contributed by atoms with van der Waals surface area (Å²) in [6, 6.07) is 9.00. The maximum Gasteiger partial charge on any atom is 0.338 e. The molecule has 0 atom stereocenters. The molecule has 0 aliphatic carbocycles. The normalized spacial score (nSPS) is 9.60. The van der Waals surface area contributed by atoms with Crippen molar-refractivity contribution in [3.63, 3.8) is 0 Å². The molecule has 80 valence electrons. The van der Waals surface area contributed by atoms with Crippen LogP contribution in [0.1, 0.15) is 10.4 Å². The molecule has 0 unspecified atom stereocenters. The molecule has 0 fully saturated rings. The van der Waals surface area contributed by atoms with Gasteiger partial charge in [0.1, 0.15) is 13.2 Å². The Bertz CT molecular complexity index is 309. The van der Waals surface area contributed by atoms with E-state index < -0.39 is 0 Å². The fourth-order valence-corrected chi connectivity index (χ4v) is 1.13. The predicted octanol–water partition coefficient (Wildman–Crippen LogP) is 0.593. The Morgan fingerprint density at radius 3 is 2.80 bits per heavy atom. The highest BCUT2D eigenvalue weighted by Gasteiger charge is 2.04. The first-order chi connectivity index (χ1) is 7.34. The van der Waals surface area contributed by atoms with E-state index in [0.717, 1.165) is 13.1 Å². The minimum absolute atomic E-state index is 0.261. The summed E-state index contributed by atoms with van der Waals surface area (Å²) >= 11 is 0. The van der Waals surface area contributed by atoms with Gasteiger partial charge in [-0.3, -0.25) is 0 Å². The number of hydrogen-bond acceptors (Lipinski definition) is 2. The topological polar surface area (TPSA) is 42.9 Å². The van der Waals surface area contributed by atoms with Gasteiger partial charge in [0, 0.05) is 0 Å². The molecule has 15 heavy (non-hydrogen) atoms. The van der Waals surface area contributed by atoms with Crippen molar-refractivity contribution in [3.8, 4) is 0 Å². The van der Waals surface area contributed by atoms with Crippen molar-refractivity contribution in [1.82, 2.24) is 0 Å². The zero-order valence-electron chi connectivity index (χ0n) is 8.69. The van der Waals surface area contributed by atoms with E-state index in [1.807, 2.05) is 29.6 Å². The molecule has 0 aliphatic rings. The van der Waals surface area contributed by atoms with Crippen LogP contribution in [0.5, 0.6) is 0 Å². The Hall–Kier alpha value is -1.61. The molecule has 1 aromatic carbocycles. The molecule has 0 spiro atoms. The zero-order valence-corrected chi connectivity index (χ0v) is 8.69. The predicted molar refractivity (Wildman–Crippen MR) is 58.6 cm³/mol. The summed E-state index contributed by atoms with van der Waals surface area (Å²) in [7, 11) is 0. The monoisotopic (exact) mass is 206 g/mol. The molecule has 0 radical (unpaired) electrons. The third-order valence-corrected chi connectivity index (χ3v) is 1.90. The molecule has 1 aromatic rings. The largest absolute Gasteiger partial charge is 0.456 e. The maximum atomic E-state index is 11.4. The van der Waals surface area contributed by atoms with Crippen molar-refractivity contribution in [3.05, 3.63) is 48.6 Å². The number of ether oxygens (including phenoxy) is 1. The minimum Gasteiger partial charge on any atom is -0.456 e. The summed E-state index contributed by atoms with van der Waals surface area (Å²) in [6.45, 7) is 5.65. The van der Waals surface area contributed by atoms with Crippen molar-refractivity contribution in [2.75, 3.05) is 19.7 Å². The van der Waals surface area contributed by atoms with E-state index in [0.29, 0.717) is 12.2 Å². The highest BCUT2D eigenvalue weighted by atomic mass is 16.5. The second kappa shape index (κ2) is 6.79. The van der Waals surface area contributed by atoms with Crippen LogP contribution in [0, 0.1) is 0 Å². The van der Waals surface area contributed by atoms with Gasteiger partial charge >= 0.3 is 5.97 Å². The second-order valence-corrected chi connectivity index (χ2v) is 3.10. The number of hydrogen-bond donors (Lipinski definition) is 1. The maximum absolute atomic E-state index is 11.4. The molecule has 3 nitrogen and oxygen atoms in total. The lowest BCUT2D eigenvalue weighted by molar-refractivity contribution is -0.646. The summed E-state index contributed by atoms with van der Waals surface area (Å²) in [5.41, 5.74) is 0.598. The van der Waals surface area contributed by atoms with E-state index in [1.165, 1.54) is 0 Å². The van der Waals surface area contributed by atoms with Gasteiger partial charge in [-0.1, -0.05) is 24.8 Å². The fraction of sp³-hybridized carbons (Fsp3) is 0.250. The number of benzene rings is 1. The first kappa shape index (κ1) is 11.5. The molecule has 3 heteroatoms. The Morgan fingerprint density at radius 2 is 2.13 bits per heavy atom. The van der Waals surface area contributed by atoms with Crippen LogP contribution in [0.2, 0.25) is 0 Å². The number of carbonyl (C=O) groups is 1. The van der Waals surface area contributed by atoms with Crippen molar-refractivity contribution >= 4 is 5.97 Å². The molecule has 0 amide bonds. The molecular weight excluding hydrogens is 190 g/mol. The number of quaternary nitrogens is 1. The number of esters is 1. The number of carbonyl (C=O) groups excluding carboxylic acids is 1. The van der Waals surface area contributed by atoms with Gasteiger partial charge in [0.15, 0.2) is 0 Å². The van der Waals surface area contributed by atoms with Gasteiger partial charge in [-0.25, -0.2) is 4.79 Å². The van der Waals surface area contributed by atoms with Gasteiger partial charge in [-0.15, -0.1) is 0 Å². The third kappa shape index (κ3) is 4.42. The van der Waals surface area contributed by atoms with Crippen LogP contribution in [-0.2, 0) is 4.74 Å². The van der Waals surface area contributed by atoms with Crippen LogP contribution in [0.4, 0.5) is 0 Å². The highest BCUT2D eigenvalue weighted by Crippen LogP contribution is 1.99. The van der Waals surface area contributed by atoms with E-state index >= 15 is 0 Å². The van der Waals surface area contributed by atoms with E-state index in [1.54, 1.807) is 12.1 Å². The fourth-order valence-electron chi connectivity index (χ4n) is 1.13. The second-order valence-electron chi connectivity index (χ2n) is 3.10. The lowest BCUT2D eigenvalue weighted by Crippen LogP contribution is -2.84. The van der Waals surface area contributed by atoms with Crippen molar-refractivity contribution in [1.29, 1.82) is 0 Å². The smallest absolute Gasteiger partial charge is 0.338 e. The number of nitrogens with two attached hydrogens (primary N) is 1. The van der Waals surface area contributed by atoms with E-state index in [-0.39, 0.29) is 5.97 Å². The standard InChI is InChI=1S/C12H15NO2/c1-2-8-13-9-10-15-12(14)11-6-4-3-5-7-11/h2-7,13H,1,8-10H2/p+1. The molecule has 0 aromatic heterocycles. The summed E-state index contributed by atoms with van der Waals surface area (Å²) in [6.07, 6.45) is 1.82. The van der Waals surface area contributed by atoms with Crippen LogP contribution in [0.15, 0.2) is 43.0 Å². The summed E-state index contributed by atoms with van der Waals surface area (Å²) in [4.78, 5) is 11.4. The molecule has 0 heterocycles. The molecular formula is C12H16NO2+. The summed E-state index contributed by atoms with van der Waals surface area (Å²) in [5.74, 6) is -0.261. The quantitative estimate of drug-likeness (QED) is 0.420. The van der Waals surface area contributed by atoms with Gasteiger partial charge in [-0.05, 0) is 18.2 Å². The van der Waals surface area contributed by atoms with E-state index in [4.69, 9.17) is 4.74 Å². The molecule has 1 rings (SSSR count). The lowest BCUT2D eigenvalue weighted by Gasteiger charge is -2.03. The van der Waals surface area contributed by atoms with Gasteiger partial charge in [-0.2, -0.15) is 0 Å². The summed E-state index contributed by atoms with van der Waals surface area (Å²) < 4.78 is 5.07. The van der Waals surface area contributed by atoms with Gasteiger partial charge in [0.2, 0.25) is 0 Å². The Kier molecular flexibility index (Phi) is 5.19. The first-order valence-electron chi connectivity index (χ1n) is 4.99. The third-order valence-electron chi connectivity index (χ3n) is 1.90. The zero-order chi connectivity index (χ0) is 10.9. The van der Waals surface area contributed by atoms with Crippen molar-refractivity contribution in [2.45, 2.75) is 0 Å². The molecule has 0 saturated heterocycles. The lowest BCUT2D eigenvalue weighted by atomic mass is 10.2.